The molecule has 0 fully saturated rings. The molecular formula is C13H13N3OS. The van der Waals surface area contributed by atoms with Gasteiger partial charge in [0.05, 0.1) is 17.8 Å². The van der Waals surface area contributed by atoms with Crippen molar-refractivity contribution in [2.24, 2.45) is 0 Å². The highest BCUT2D eigenvalue weighted by Gasteiger charge is 2.13. The second-order valence-electron chi connectivity index (χ2n) is 3.65. The number of hydrogen-bond donors (Lipinski definition) is 2. The summed E-state index contributed by atoms with van der Waals surface area (Å²) in [4.78, 5) is 4.47. The average Bonchev–Trinajstić information content (AvgIpc) is 2.43. The van der Waals surface area contributed by atoms with Gasteiger partial charge in [0, 0.05) is 11.9 Å². The molecule has 0 saturated carbocycles. The van der Waals surface area contributed by atoms with E-state index in [9.17, 15) is 5.26 Å². The summed E-state index contributed by atoms with van der Waals surface area (Å²) in [6, 6.07) is 9.86. The van der Waals surface area contributed by atoms with E-state index in [0.29, 0.717) is 17.1 Å². The quantitative estimate of drug-likeness (QED) is 0.824. The molecule has 0 bridgehead atoms. The van der Waals surface area contributed by atoms with Gasteiger partial charge < -0.3 is 10.4 Å². The number of aliphatic hydroxyl groups excluding tert-OH is 1. The van der Waals surface area contributed by atoms with Crippen LogP contribution in [-0.2, 0) is 0 Å². The van der Waals surface area contributed by atoms with Gasteiger partial charge >= 0.3 is 0 Å². The summed E-state index contributed by atoms with van der Waals surface area (Å²) in [7, 11) is 0. The Morgan fingerprint density at radius 3 is 2.89 bits per heavy atom. The molecule has 0 aliphatic heterocycles. The van der Waals surface area contributed by atoms with E-state index < -0.39 is 0 Å². The predicted octanol–water partition coefficient (Wildman–Crippen LogP) is 2.23. The Labute approximate surface area is 110 Å². The minimum atomic E-state index is 0.0239. The van der Waals surface area contributed by atoms with Crippen LogP contribution < -0.4 is 5.32 Å². The standard InChI is InChI=1S/C13H13N3OS/c1-18-13-10(8-14)12(15-6-7-17)9-4-2-3-5-11(9)16-13/h2-5,17H,6-7H2,1H3,(H,15,16). The number of fused-ring (bicyclic) bond motifs is 1. The Bertz CT molecular complexity index is 607. The summed E-state index contributed by atoms with van der Waals surface area (Å²) in [5, 5.41) is 22.9. The molecule has 0 aliphatic carbocycles. The van der Waals surface area contributed by atoms with Crippen LogP contribution in [0.5, 0.6) is 0 Å². The van der Waals surface area contributed by atoms with E-state index in [0.717, 1.165) is 16.6 Å². The number of thioether (sulfide) groups is 1. The Kier molecular flexibility index (Phi) is 4.03. The number of benzene rings is 1. The lowest BCUT2D eigenvalue weighted by atomic mass is 10.1. The molecule has 4 nitrogen and oxygen atoms in total. The fourth-order valence-corrected chi connectivity index (χ4v) is 2.35. The first kappa shape index (κ1) is 12.7. The van der Waals surface area contributed by atoms with E-state index in [1.54, 1.807) is 0 Å². The second-order valence-corrected chi connectivity index (χ2v) is 4.45. The van der Waals surface area contributed by atoms with E-state index >= 15 is 0 Å². The van der Waals surface area contributed by atoms with E-state index in [1.807, 2.05) is 30.5 Å². The fourth-order valence-electron chi connectivity index (χ4n) is 1.81. The van der Waals surface area contributed by atoms with Crippen molar-refractivity contribution in [3.63, 3.8) is 0 Å². The number of nitriles is 1. The lowest BCUT2D eigenvalue weighted by Gasteiger charge is -2.12. The fraction of sp³-hybridized carbons (Fsp3) is 0.231. The minimum absolute atomic E-state index is 0.0239. The molecule has 18 heavy (non-hydrogen) atoms. The van der Waals surface area contributed by atoms with Crippen molar-refractivity contribution < 1.29 is 5.11 Å². The third kappa shape index (κ3) is 2.26. The lowest BCUT2D eigenvalue weighted by molar-refractivity contribution is 0.311. The number of aliphatic hydroxyl groups is 1. The highest BCUT2D eigenvalue weighted by atomic mass is 32.2. The Hall–Kier alpha value is -1.77. The highest BCUT2D eigenvalue weighted by Crippen LogP contribution is 2.31. The predicted molar refractivity (Wildman–Crippen MR) is 73.8 cm³/mol. The van der Waals surface area contributed by atoms with E-state index in [2.05, 4.69) is 16.4 Å². The topological polar surface area (TPSA) is 68.9 Å². The molecule has 0 amide bonds. The van der Waals surface area contributed by atoms with Crippen LogP contribution in [0.3, 0.4) is 0 Å². The van der Waals surface area contributed by atoms with Gasteiger partial charge in [-0.05, 0) is 12.3 Å². The second kappa shape index (κ2) is 5.71. The van der Waals surface area contributed by atoms with Gasteiger partial charge in [-0.25, -0.2) is 4.98 Å². The van der Waals surface area contributed by atoms with Crippen molar-refractivity contribution in [1.29, 1.82) is 5.26 Å². The van der Waals surface area contributed by atoms with Crippen LogP contribution in [0.4, 0.5) is 5.69 Å². The number of nitrogens with zero attached hydrogens (tertiary/aromatic N) is 2. The Morgan fingerprint density at radius 1 is 1.44 bits per heavy atom. The number of hydrogen-bond acceptors (Lipinski definition) is 5. The van der Waals surface area contributed by atoms with Crippen LogP contribution in [0.15, 0.2) is 29.3 Å². The molecule has 92 valence electrons. The third-order valence-corrected chi connectivity index (χ3v) is 3.26. The number of nitrogens with one attached hydrogen (secondary N) is 1. The minimum Gasteiger partial charge on any atom is -0.395 e. The summed E-state index contributed by atoms with van der Waals surface area (Å²) in [5.41, 5.74) is 2.14. The van der Waals surface area contributed by atoms with Crippen molar-refractivity contribution in [2.75, 3.05) is 24.7 Å². The highest BCUT2D eigenvalue weighted by molar-refractivity contribution is 7.98. The van der Waals surface area contributed by atoms with E-state index in [4.69, 9.17) is 5.11 Å². The molecule has 0 atom stereocenters. The molecule has 2 rings (SSSR count). The van der Waals surface area contributed by atoms with Crippen LogP contribution >= 0.6 is 11.8 Å². The zero-order valence-electron chi connectivity index (χ0n) is 9.97. The van der Waals surface area contributed by atoms with Crippen molar-refractivity contribution in [2.45, 2.75) is 5.03 Å². The van der Waals surface area contributed by atoms with Gasteiger partial charge in [0.15, 0.2) is 0 Å². The molecule has 0 saturated heterocycles. The molecule has 0 radical (unpaired) electrons. The Morgan fingerprint density at radius 2 is 2.22 bits per heavy atom. The van der Waals surface area contributed by atoms with Crippen LogP contribution in [0.1, 0.15) is 5.56 Å². The molecule has 0 aliphatic rings. The maximum atomic E-state index is 9.28. The lowest BCUT2D eigenvalue weighted by Crippen LogP contribution is -2.08. The number of anilines is 1. The van der Waals surface area contributed by atoms with Crippen LogP contribution in [-0.4, -0.2) is 29.5 Å². The molecule has 2 N–H and O–H groups in total. The van der Waals surface area contributed by atoms with Crippen molar-refractivity contribution >= 4 is 28.4 Å². The van der Waals surface area contributed by atoms with Crippen molar-refractivity contribution in [3.05, 3.63) is 29.8 Å². The van der Waals surface area contributed by atoms with Crippen molar-refractivity contribution in [3.8, 4) is 6.07 Å². The maximum absolute atomic E-state index is 9.28. The average molecular weight is 259 g/mol. The summed E-state index contributed by atoms with van der Waals surface area (Å²) in [6.07, 6.45) is 1.90. The summed E-state index contributed by atoms with van der Waals surface area (Å²) >= 11 is 1.45. The third-order valence-electron chi connectivity index (χ3n) is 2.58. The molecule has 1 heterocycles. The number of para-hydroxylation sites is 1. The molecule has 2 aromatic rings. The van der Waals surface area contributed by atoms with Crippen LogP contribution in [0, 0.1) is 11.3 Å². The molecule has 1 aromatic carbocycles. The normalized spacial score (nSPS) is 10.3. The van der Waals surface area contributed by atoms with Gasteiger partial charge in [-0.2, -0.15) is 5.26 Å². The zero-order valence-corrected chi connectivity index (χ0v) is 10.8. The van der Waals surface area contributed by atoms with E-state index in [1.165, 1.54) is 11.8 Å². The molecule has 1 aromatic heterocycles. The summed E-state index contributed by atoms with van der Waals surface area (Å²) < 4.78 is 0. The number of rotatable bonds is 4. The molecule has 0 unspecified atom stereocenters. The van der Waals surface area contributed by atoms with Gasteiger partial charge in [0.25, 0.3) is 0 Å². The SMILES string of the molecule is CSc1nc2ccccc2c(NCCO)c1C#N. The number of pyridine rings is 1. The first-order valence-corrected chi connectivity index (χ1v) is 6.76. The van der Waals surface area contributed by atoms with Gasteiger partial charge in [-0.3, -0.25) is 0 Å². The molecule has 5 heteroatoms. The van der Waals surface area contributed by atoms with Crippen LogP contribution in [0.2, 0.25) is 0 Å². The summed E-state index contributed by atoms with van der Waals surface area (Å²) in [5.74, 6) is 0. The Balaban J connectivity index is 2.70. The summed E-state index contributed by atoms with van der Waals surface area (Å²) in [6.45, 7) is 0.437. The van der Waals surface area contributed by atoms with Gasteiger partial charge in [-0.15, -0.1) is 11.8 Å². The van der Waals surface area contributed by atoms with Crippen molar-refractivity contribution in [1.82, 2.24) is 4.98 Å². The van der Waals surface area contributed by atoms with Gasteiger partial charge in [0.2, 0.25) is 0 Å². The molecule has 0 spiro atoms. The maximum Gasteiger partial charge on any atom is 0.116 e. The van der Waals surface area contributed by atoms with Gasteiger partial charge in [0.1, 0.15) is 16.7 Å². The number of aromatic nitrogens is 1. The first-order valence-electron chi connectivity index (χ1n) is 5.53. The van der Waals surface area contributed by atoms with Crippen LogP contribution in [0.25, 0.3) is 10.9 Å². The van der Waals surface area contributed by atoms with Gasteiger partial charge in [-0.1, -0.05) is 18.2 Å². The monoisotopic (exact) mass is 259 g/mol. The first-order chi connectivity index (χ1) is 8.81. The molecular weight excluding hydrogens is 246 g/mol. The largest absolute Gasteiger partial charge is 0.395 e. The zero-order chi connectivity index (χ0) is 13.0. The van der Waals surface area contributed by atoms with E-state index in [-0.39, 0.29) is 6.61 Å². The smallest absolute Gasteiger partial charge is 0.116 e.